The first-order valence-corrected chi connectivity index (χ1v) is 6.04. The Labute approximate surface area is 97.8 Å². The van der Waals surface area contributed by atoms with Crippen LogP contribution >= 0.6 is 0 Å². The van der Waals surface area contributed by atoms with Gasteiger partial charge in [0.25, 0.3) is 9.84 Å². The van der Waals surface area contributed by atoms with Gasteiger partial charge in [-0.2, -0.15) is 0 Å². The van der Waals surface area contributed by atoms with Crippen molar-refractivity contribution in [2.45, 2.75) is 10.3 Å². The van der Waals surface area contributed by atoms with Crippen molar-refractivity contribution in [2.24, 2.45) is 5.16 Å². The van der Waals surface area contributed by atoms with Crippen LogP contribution in [0.1, 0.15) is 0 Å². The third kappa shape index (κ3) is 3.00. The summed E-state index contributed by atoms with van der Waals surface area (Å²) in [4.78, 5) is 13.9. The van der Waals surface area contributed by atoms with Crippen molar-refractivity contribution in [1.82, 2.24) is 0 Å². The van der Waals surface area contributed by atoms with E-state index in [1.54, 1.807) is 6.07 Å². The molecule has 0 spiro atoms. The van der Waals surface area contributed by atoms with Gasteiger partial charge >= 0.3 is 5.37 Å². The van der Waals surface area contributed by atoms with Crippen molar-refractivity contribution in [3.63, 3.8) is 0 Å². The fourth-order valence-electron chi connectivity index (χ4n) is 1.11. The van der Waals surface area contributed by atoms with Gasteiger partial charge in [-0.05, 0) is 12.1 Å². The Bertz CT molecular complexity index is 511. The molecular weight excluding hydrogens is 248 g/mol. The van der Waals surface area contributed by atoms with E-state index >= 15 is 0 Å². The smallest absolute Gasteiger partial charge is 0.352 e. The van der Waals surface area contributed by atoms with E-state index in [1.165, 1.54) is 31.4 Å². The number of benzene rings is 1. The lowest BCUT2D eigenvalue weighted by Crippen LogP contribution is -2.31. The zero-order chi connectivity index (χ0) is 12.9. The van der Waals surface area contributed by atoms with Gasteiger partial charge in [-0.1, -0.05) is 23.4 Å². The predicted octanol–water partition coefficient (Wildman–Crippen LogP) is 0.695. The topological polar surface area (TPSA) is 98.9 Å². The molecule has 0 amide bonds. The van der Waals surface area contributed by atoms with Crippen molar-refractivity contribution >= 4 is 16.1 Å². The molecule has 7 nitrogen and oxygen atoms in total. The molecule has 1 atom stereocenters. The summed E-state index contributed by atoms with van der Waals surface area (Å²) >= 11 is 0. The minimum atomic E-state index is -4.10. The van der Waals surface area contributed by atoms with Gasteiger partial charge in [0.15, 0.2) is 0 Å². The molecule has 0 saturated carbocycles. The van der Waals surface area contributed by atoms with Crippen LogP contribution in [0, 0.1) is 10.1 Å². The van der Waals surface area contributed by atoms with Crippen LogP contribution in [0.4, 0.5) is 0 Å². The van der Waals surface area contributed by atoms with Crippen molar-refractivity contribution in [2.75, 3.05) is 7.11 Å². The lowest BCUT2D eigenvalue weighted by molar-refractivity contribution is -0.478. The highest BCUT2D eigenvalue weighted by Gasteiger charge is 2.36. The molecule has 1 aromatic carbocycles. The van der Waals surface area contributed by atoms with Crippen LogP contribution in [0.3, 0.4) is 0 Å². The molecule has 0 aromatic heterocycles. The number of hydrogen-bond acceptors (Lipinski definition) is 6. The Balaban J connectivity index is 3.19. The molecule has 0 aliphatic carbocycles. The molecule has 0 aliphatic rings. The average Bonchev–Trinajstić information content (AvgIpc) is 2.30. The summed E-state index contributed by atoms with van der Waals surface area (Å²) in [5.41, 5.74) is 0. The first-order valence-electron chi connectivity index (χ1n) is 4.49. The summed E-state index contributed by atoms with van der Waals surface area (Å²) in [7, 11) is -2.93. The van der Waals surface area contributed by atoms with Crippen molar-refractivity contribution in [3.8, 4) is 0 Å². The van der Waals surface area contributed by atoms with Crippen LogP contribution in [0.25, 0.3) is 0 Å². The largest absolute Gasteiger partial charge is 0.399 e. The zero-order valence-corrected chi connectivity index (χ0v) is 9.70. The van der Waals surface area contributed by atoms with Crippen LogP contribution in [-0.2, 0) is 14.7 Å². The number of hydrogen-bond donors (Lipinski definition) is 0. The van der Waals surface area contributed by atoms with Gasteiger partial charge < -0.3 is 4.84 Å². The second-order valence-electron chi connectivity index (χ2n) is 2.97. The monoisotopic (exact) mass is 258 g/mol. The van der Waals surface area contributed by atoms with Gasteiger partial charge in [-0.15, -0.1) is 0 Å². The highest BCUT2D eigenvalue weighted by Crippen LogP contribution is 2.15. The standard InChI is InChI=1S/C9H10N2O5S/c1-16-10-7-9(11(12)13)17(14,15)8-5-3-2-4-6-8/h2-7,9H,1H3/b10-7-/t9-/m0/s1. The maximum absolute atomic E-state index is 11.9. The molecule has 0 N–H and O–H groups in total. The molecule has 0 fully saturated rings. The Morgan fingerprint density at radius 2 is 2.00 bits per heavy atom. The Hall–Kier alpha value is -1.96. The van der Waals surface area contributed by atoms with E-state index < -0.39 is 20.1 Å². The Morgan fingerprint density at radius 1 is 1.41 bits per heavy atom. The molecule has 1 rings (SSSR count). The minimum Gasteiger partial charge on any atom is -0.399 e. The van der Waals surface area contributed by atoms with Crippen LogP contribution in [-0.4, -0.2) is 32.0 Å². The van der Waals surface area contributed by atoms with Crippen molar-refractivity contribution in [1.29, 1.82) is 0 Å². The fourth-order valence-corrected chi connectivity index (χ4v) is 2.36. The summed E-state index contributed by atoms with van der Waals surface area (Å²) in [5.74, 6) is 0. The van der Waals surface area contributed by atoms with Gasteiger partial charge in [-0.25, -0.2) is 8.42 Å². The summed E-state index contributed by atoms with van der Waals surface area (Å²) in [6, 6.07) is 7.15. The highest BCUT2D eigenvalue weighted by molar-refractivity contribution is 7.92. The number of oxime groups is 1. The average molecular weight is 258 g/mol. The normalized spacial score (nSPS) is 13.5. The van der Waals surface area contributed by atoms with E-state index in [0.29, 0.717) is 6.21 Å². The minimum absolute atomic E-state index is 0.135. The first kappa shape index (κ1) is 13.1. The van der Waals surface area contributed by atoms with Gasteiger partial charge in [0, 0.05) is 4.92 Å². The van der Waals surface area contributed by atoms with Crippen LogP contribution in [0.2, 0.25) is 0 Å². The predicted molar refractivity (Wildman–Crippen MR) is 59.9 cm³/mol. The molecule has 0 unspecified atom stereocenters. The van der Waals surface area contributed by atoms with Crippen LogP contribution in [0.15, 0.2) is 40.4 Å². The number of sulfone groups is 1. The van der Waals surface area contributed by atoms with Gasteiger partial charge in [0.2, 0.25) is 0 Å². The fraction of sp³-hybridized carbons (Fsp3) is 0.222. The molecule has 1 aromatic rings. The lowest BCUT2D eigenvalue weighted by atomic mass is 10.4. The molecule has 92 valence electrons. The van der Waals surface area contributed by atoms with Crippen LogP contribution < -0.4 is 0 Å². The lowest BCUT2D eigenvalue weighted by Gasteiger charge is -2.05. The van der Waals surface area contributed by atoms with E-state index in [0.717, 1.165) is 0 Å². The zero-order valence-electron chi connectivity index (χ0n) is 8.89. The van der Waals surface area contributed by atoms with E-state index in [1.807, 2.05) is 0 Å². The molecule has 0 radical (unpaired) electrons. The molecule has 8 heteroatoms. The maximum Gasteiger partial charge on any atom is 0.352 e. The maximum atomic E-state index is 11.9. The summed E-state index contributed by atoms with van der Waals surface area (Å²) in [5, 5.41) is 11.9. The molecule has 0 saturated heterocycles. The summed E-state index contributed by atoms with van der Waals surface area (Å²) < 4.78 is 23.8. The third-order valence-corrected chi connectivity index (χ3v) is 3.75. The summed E-state index contributed by atoms with van der Waals surface area (Å²) in [6.45, 7) is 0. The van der Waals surface area contributed by atoms with E-state index in [9.17, 15) is 18.5 Å². The van der Waals surface area contributed by atoms with Crippen molar-refractivity contribution < 1.29 is 18.2 Å². The molecule has 17 heavy (non-hydrogen) atoms. The Kier molecular flexibility index (Phi) is 4.16. The van der Waals surface area contributed by atoms with Gasteiger partial charge in [0.1, 0.15) is 13.3 Å². The summed E-state index contributed by atoms with van der Waals surface area (Å²) in [6.07, 6.45) is 0.641. The molecule has 0 aliphatic heterocycles. The van der Waals surface area contributed by atoms with E-state index in [4.69, 9.17) is 0 Å². The van der Waals surface area contributed by atoms with E-state index in [-0.39, 0.29) is 4.90 Å². The van der Waals surface area contributed by atoms with Gasteiger partial charge in [0.05, 0.1) is 4.90 Å². The van der Waals surface area contributed by atoms with Crippen molar-refractivity contribution in [3.05, 3.63) is 40.4 Å². The number of nitrogens with zero attached hydrogens (tertiary/aromatic N) is 2. The second-order valence-corrected chi connectivity index (χ2v) is 5.02. The van der Waals surface area contributed by atoms with Gasteiger partial charge in [-0.3, -0.25) is 10.1 Å². The Morgan fingerprint density at radius 3 is 2.47 bits per heavy atom. The van der Waals surface area contributed by atoms with Crippen LogP contribution in [0.5, 0.6) is 0 Å². The molecular formula is C9H10N2O5S. The quantitative estimate of drug-likeness (QED) is 0.439. The number of nitro groups is 1. The molecule has 0 heterocycles. The highest BCUT2D eigenvalue weighted by atomic mass is 32.2. The number of rotatable bonds is 5. The first-order chi connectivity index (χ1) is 8.00. The third-order valence-electron chi connectivity index (χ3n) is 1.89. The second kappa shape index (κ2) is 5.39. The molecule has 0 bridgehead atoms. The van der Waals surface area contributed by atoms with E-state index in [2.05, 4.69) is 9.99 Å². The SMILES string of the molecule is CO/N=C\[C@@H]([N+](=O)[O-])S(=O)(=O)c1ccccc1.